The molecule has 0 bridgehead atoms. The third-order valence-corrected chi connectivity index (χ3v) is 6.38. The maximum absolute atomic E-state index is 13.2. The smallest absolute Gasteiger partial charge is 0.264 e. The van der Waals surface area contributed by atoms with E-state index in [-0.39, 0.29) is 18.0 Å². The molecule has 3 aromatic carbocycles. The van der Waals surface area contributed by atoms with Crippen molar-refractivity contribution in [3.05, 3.63) is 89.4 Å². The van der Waals surface area contributed by atoms with Crippen LogP contribution in [0.5, 0.6) is 5.75 Å². The zero-order valence-corrected chi connectivity index (χ0v) is 17.9. The molecule has 6 nitrogen and oxygen atoms in total. The molecule has 0 saturated carbocycles. The molecule has 0 heterocycles. The largest absolute Gasteiger partial charge is 0.497 e. The van der Waals surface area contributed by atoms with Gasteiger partial charge in [-0.25, -0.2) is 8.42 Å². The fourth-order valence-electron chi connectivity index (χ4n) is 2.82. The molecule has 8 heteroatoms. The zero-order chi connectivity index (χ0) is 21.6. The Morgan fingerprint density at radius 1 is 1.00 bits per heavy atom. The van der Waals surface area contributed by atoms with Crippen LogP contribution in [-0.2, 0) is 21.4 Å². The molecule has 0 aromatic heterocycles. The standard InChI is InChI=1S/C22H21ClN2O4S/c1-29-20-12-10-19(11-13-20)25(30(27,28)21-8-3-2-4-9-21)16-22(26)24-15-17-6-5-7-18(23)14-17/h2-14H,15-16H2,1H3,(H,24,26). The minimum absolute atomic E-state index is 0.100. The number of sulfonamides is 1. The van der Waals surface area contributed by atoms with Crippen LogP contribution in [0.4, 0.5) is 5.69 Å². The lowest BCUT2D eigenvalue weighted by atomic mass is 10.2. The second-order valence-electron chi connectivity index (χ2n) is 6.43. The number of benzene rings is 3. The number of hydrogen-bond acceptors (Lipinski definition) is 4. The van der Waals surface area contributed by atoms with Crippen LogP contribution in [0.2, 0.25) is 5.02 Å². The van der Waals surface area contributed by atoms with Crippen molar-refractivity contribution in [3.8, 4) is 5.75 Å². The molecule has 0 saturated heterocycles. The minimum Gasteiger partial charge on any atom is -0.497 e. The highest BCUT2D eigenvalue weighted by Gasteiger charge is 2.27. The third-order valence-electron chi connectivity index (χ3n) is 4.36. The molecule has 0 radical (unpaired) electrons. The average Bonchev–Trinajstić information content (AvgIpc) is 2.77. The SMILES string of the molecule is COc1ccc(N(CC(=O)NCc2cccc(Cl)c2)S(=O)(=O)c2ccccc2)cc1. The fraction of sp³-hybridized carbons (Fsp3) is 0.136. The first-order valence-electron chi connectivity index (χ1n) is 9.13. The Labute approximate surface area is 181 Å². The van der Waals surface area contributed by atoms with Gasteiger partial charge in [0, 0.05) is 11.6 Å². The summed E-state index contributed by atoms with van der Waals surface area (Å²) in [7, 11) is -2.42. The van der Waals surface area contributed by atoms with Crippen LogP contribution in [0.15, 0.2) is 83.8 Å². The highest BCUT2D eigenvalue weighted by atomic mass is 35.5. The van der Waals surface area contributed by atoms with Crippen LogP contribution in [0.3, 0.4) is 0 Å². The van der Waals surface area contributed by atoms with Gasteiger partial charge in [-0.3, -0.25) is 9.10 Å². The molecule has 1 amide bonds. The summed E-state index contributed by atoms with van der Waals surface area (Å²) in [5.41, 5.74) is 1.18. The van der Waals surface area contributed by atoms with Gasteiger partial charge in [0.15, 0.2) is 0 Å². The first kappa shape index (κ1) is 21.7. The highest BCUT2D eigenvalue weighted by molar-refractivity contribution is 7.92. The molecule has 1 N–H and O–H groups in total. The monoisotopic (exact) mass is 444 g/mol. The topological polar surface area (TPSA) is 75.7 Å². The van der Waals surface area contributed by atoms with Crippen molar-refractivity contribution in [1.29, 1.82) is 0 Å². The Kier molecular flexibility index (Phi) is 6.97. The summed E-state index contributed by atoms with van der Waals surface area (Å²) in [5.74, 6) is 0.145. The van der Waals surface area contributed by atoms with E-state index in [1.54, 1.807) is 60.7 Å². The maximum Gasteiger partial charge on any atom is 0.264 e. The first-order chi connectivity index (χ1) is 14.4. The molecule has 156 valence electrons. The van der Waals surface area contributed by atoms with Crippen molar-refractivity contribution in [2.75, 3.05) is 18.0 Å². The van der Waals surface area contributed by atoms with Gasteiger partial charge in [-0.15, -0.1) is 0 Å². The number of halogens is 1. The van der Waals surface area contributed by atoms with E-state index in [4.69, 9.17) is 16.3 Å². The van der Waals surface area contributed by atoms with E-state index < -0.39 is 15.9 Å². The van der Waals surface area contributed by atoms with Crippen LogP contribution in [0.25, 0.3) is 0 Å². The summed E-state index contributed by atoms with van der Waals surface area (Å²) >= 11 is 5.97. The highest BCUT2D eigenvalue weighted by Crippen LogP contribution is 2.25. The van der Waals surface area contributed by atoms with E-state index in [1.165, 1.54) is 19.2 Å². The Hall–Kier alpha value is -3.03. The zero-order valence-electron chi connectivity index (χ0n) is 16.3. The molecule has 0 spiro atoms. The number of anilines is 1. The van der Waals surface area contributed by atoms with Gasteiger partial charge in [-0.1, -0.05) is 41.9 Å². The normalized spacial score (nSPS) is 11.0. The predicted molar refractivity (Wildman–Crippen MR) is 117 cm³/mol. The third kappa shape index (κ3) is 5.31. The Morgan fingerprint density at radius 2 is 1.70 bits per heavy atom. The molecule has 0 aliphatic heterocycles. The van der Waals surface area contributed by atoms with Crippen molar-refractivity contribution < 1.29 is 17.9 Å². The van der Waals surface area contributed by atoms with Crippen LogP contribution in [0, 0.1) is 0 Å². The summed E-state index contributed by atoms with van der Waals surface area (Å²) in [5, 5.41) is 3.31. The maximum atomic E-state index is 13.2. The van der Waals surface area contributed by atoms with E-state index in [9.17, 15) is 13.2 Å². The van der Waals surface area contributed by atoms with Crippen LogP contribution in [0.1, 0.15) is 5.56 Å². The predicted octanol–water partition coefficient (Wildman–Crippen LogP) is 3.86. The van der Waals surface area contributed by atoms with Gasteiger partial charge in [-0.05, 0) is 54.1 Å². The lowest BCUT2D eigenvalue weighted by Crippen LogP contribution is -2.40. The van der Waals surface area contributed by atoms with Crippen molar-refractivity contribution in [3.63, 3.8) is 0 Å². The average molecular weight is 445 g/mol. The van der Waals surface area contributed by atoms with Crippen molar-refractivity contribution >= 4 is 33.2 Å². The van der Waals surface area contributed by atoms with Crippen molar-refractivity contribution in [2.24, 2.45) is 0 Å². The van der Waals surface area contributed by atoms with Crippen LogP contribution in [-0.4, -0.2) is 28.0 Å². The van der Waals surface area contributed by atoms with Gasteiger partial charge >= 0.3 is 0 Å². The molecule has 30 heavy (non-hydrogen) atoms. The van der Waals surface area contributed by atoms with E-state index in [0.29, 0.717) is 16.5 Å². The van der Waals surface area contributed by atoms with Crippen LogP contribution >= 0.6 is 11.6 Å². The van der Waals surface area contributed by atoms with Gasteiger partial charge in [0.05, 0.1) is 17.7 Å². The van der Waals surface area contributed by atoms with Gasteiger partial charge in [0.25, 0.3) is 10.0 Å². The van der Waals surface area contributed by atoms with E-state index in [0.717, 1.165) is 9.87 Å². The molecule has 3 aromatic rings. The summed E-state index contributed by atoms with van der Waals surface area (Å²) in [6.45, 7) is -0.134. The summed E-state index contributed by atoms with van der Waals surface area (Å²) in [6.07, 6.45) is 0. The van der Waals surface area contributed by atoms with Crippen LogP contribution < -0.4 is 14.4 Å². The molecule has 0 aliphatic rings. The Morgan fingerprint density at radius 3 is 2.33 bits per heavy atom. The second-order valence-corrected chi connectivity index (χ2v) is 8.73. The number of amides is 1. The number of hydrogen-bond donors (Lipinski definition) is 1. The van der Waals surface area contributed by atoms with Gasteiger partial charge in [0.1, 0.15) is 12.3 Å². The first-order valence-corrected chi connectivity index (χ1v) is 10.9. The molecular formula is C22H21ClN2O4S. The van der Waals surface area contributed by atoms with Gasteiger partial charge in [-0.2, -0.15) is 0 Å². The lowest BCUT2D eigenvalue weighted by Gasteiger charge is -2.24. The number of carbonyl (C=O) groups excluding carboxylic acids is 1. The van der Waals surface area contributed by atoms with Crippen molar-refractivity contribution in [1.82, 2.24) is 5.32 Å². The molecular weight excluding hydrogens is 424 g/mol. The van der Waals surface area contributed by atoms with Crippen molar-refractivity contribution in [2.45, 2.75) is 11.4 Å². The molecule has 0 unspecified atom stereocenters. The summed E-state index contributed by atoms with van der Waals surface area (Å²) < 4.78 is 32.7. The summed E-state index contributed by atoms with van der Waals surface area (Å²) in [4.78, 5) is 12.7. The quantitative estimate of drug-likeness (QED) is 0.572. The van der Waals surface area contributed by atoms with E-state index >= 15 is 0 Å². The molecule has 0 atom stereocenters. The number of nitrogens with zero attached hydrogens (tertiary/aromatic N) is 1. The minimum atomic E-state index is -3.95. The van der Waals surface area contributed by atoms with E-state index in [1.807, 2.05) is 6.07 Å². The number of nitrogens with one attached hydrogen (secondary N) is 1. The molecule has 3 rings (SSSR count). The van der Waals surface area contributed by atoms with E-state index in [2.05, 4.69) is 5.32 Å². The summed E-state index contributed by atoms with van der Waals surface area (Å²) in [6, 6.07) is 21.6. The molecule has 0 fully saturated rings. The number of carbonyl (C=O) groups is 1. The molecule has 0 aliphatic carbocycles. The lowest BCUT2D eigenvalue weighted by molar-refractivity contribution is -0.119. The fourth-order valence-corrected chi connectivity index (χ4v) is 4.47. The number of methoxy groups -OCH3 is 1. The Balaban J connectivity index is 1.84. The Bertz CT molecular complexity index is 1100. The number of rotatable bonds is 8. The van der Waals surface area contributed by atoms with Gasteiger partial charge < -0.3 is 10.1 Å². The number of ether oxygens (including phenoxy) is 1. The van der Waals surface area contributed by atoms with Gasteiger partial charge in [0.2, 0.25) is 5.91 Å². The second kappa shape index (κ2) is 9.65.